The van der Waals surface area contributed by atoms with Crippen molar-refractivity contribution >= 4 is 15.9 Å². The van der Waals surface area contributed by atoms with E-state index in [-0.39, 0.29) is 0 Å². The first-order valence-corrected chi connectivity index (χ1v) is 11.4. The number of aliphatic imine (C=N–C) groups is 1. The molecule has 0 aliphatic rings. The monoisotopic (exact) mass is 452 g/mol. The summed E-state index contributed by atoms with van der Waals surface area (Å²) < 4.78 is 59.2. The third kappa shape index (κ3) is 9.40. The normalized spacial score (nSPS) is 13.3. The van der Waals surface area contributed by atoms with Crippen molar-refractivity contribution in [3.05, 3.63) is 71.4 Å². The van der Waals surface area contributed by atoms with Crippen molar-refractivity contribution in [3.63, 3.8) is 0 Å². The minimum Gasteiger partial charge on any atom is -0.443 e. The molecule has 5 nitrogen and oxygen atoms in total. The summed E-state index contributed by atoms with van der Waals surface area (Å²) in [5.41, 5.74) is 1.70. The number of benzene rings is 2. The summed E-state index contributed by atoms with van der Waals surface area (Å²) >= 11 is 0. The largest absolute Gasteiger partial charge is 0.443 e. The summed E-state index contributed by atoms with van der Waals surface area (Å²) in [6.45, 7) is 11.2. The van der Waals surface area contributed by atoms with Gasteiger partial charge in [-0.25, -0.2) is 26.9 Å². The van der Waals surface area contributed by atoms with Crippen LogP contribution >= 0.6 is 0 Å². The number of aryl methyl sites for hydroxylation is 1. The van der Waals surface area contributed by atoms with Crippen LogP contribution in [0.15, 0.2) is 64.1 Å². The molecule has 0 heterocycles. The zero-order valence-corrected chi connectivity index (χ0v) is 19.6. The highest BCUT2D eigenvalue weighted by Gasteiger charge is 2.20. The van der Waals surface area contributed by atoms with Crippen LogP contribution in [0.2, 0.25) is 0 Å². The molecule has 0 bridgehead atoms. The number of nitrogens with zero attached hydrogens (tertiary/aromatic N) is 1. The highest BCUT2D eigenvalue weighted by Crippen LogP contribution is 2.16. The van der Waals surface area contributed by atoms with Crippen LogP contribution in [-0.2, 0) is 10.0 Å². The number of sulfonamides is 1. The van der Waals surface area contributed by atoms with Crippen LogP contribution in [0.4, 0.5) is 8.78 Å². The number of hydrogen-bond donors (Lipinski definition) is 1. The van der Waals surface area contributed by atoms with Crippen LogP contribution in [0.25, 0.3) is 0 Å². The van der Waals surface area contributed by atoms with Gasteiger partial charge >= 0.3 is 0 Å². The van der Waals surface area contributed by atoms with E-state index in [0.717, 1.165) is 17.7 Å². The van der Waals surface area contributed by atoms with E-state index in [1.165, 1.54) is 12.6 Å². The molecule has 0 fully saturated rings. The van der Waals surface area contributed by atoms with Gasteiger partial charge in [0.25, 0.3) is 0 Å². The summed E-state index contributed by atoms with van der Waals surface area (Å²) in [6, 6.07) is 8.95. The lowest BCUT2D eigenvalue weighted by Gasteiger charge is -2.15. The number of ether oxygens (including phenoxy) is 1. The number of rotatable bonds is 6. The van der Waals surface area contributed by atoms with Crippen molar-refractivity contribution in [1.29, 1.82) is 0 Å². The third-order valence-corrected chi connectivity index (χ3v) is 5.42. The predicted octanol–water partition coefficient (Wildman–Crippen LogP) is 5.76. The third-order valence-electron chi connectivity index (χ3n) is 3.90. The standard InChI is InChI=1S/C20H22F2N2O3S.C3H8/c1-13-5-7-19(8-6-13)27-16(4)23-12-14(2)15(3)24-28(25,26)20-10-17(21)9-18(22)11-20;1-3-2/h5-12,15,24H,1-4H3;3H2,1-2H3/b14-12+,23-16?;. The highest BCUT2D eigenvalue weighted by atomic mass is 32.2. The molecule has 1 unspecified atom stereocenters. The Balaban J connectivity index is 0.00000151. The Morgan fingerprint density at radius 2 is 1.61 bits per heavy atom. The Bertz CT molecular complexity index is 997. The fraction of sp³-hybridized carbons (Fsp3) is 0.348. The summed E-state index contributed by atoms with van der Waals surface area (Å²) in [5, 5.41) is 0. The Hall–Kier alpha value is -2.58. The average Bonchev–Trinajstić information content (AvgIpc) is 2.67. The van der Waals surface area contributed by atoms with Crippen molar-refractivity contribution in [2.24, 2.45) is 4.99 Å². The zero-order valence-electron chi connectivity index (χ0n) is 18.7. The summed E-state index contributed by atoms with van der Waals surface area (Å²) in [5.74, 6) is -0.909. The first-order chi connectivity index (χ1) is 14.5. The van der Waals surface area contributed by atoms with Crippen molar-refractivity contribution < 1.29 is 21.9 Å². The molecule has 0 saturated heterocycles. The Kier molecular flexibility index (Phi) is 10.5. The fourth-order valence-electron chi connectivity index (χ4n) is 2.19. The lowest BCUT2D eigenvalue weighted by molar-refractivity contribution is 0.546. The van der Waals surface area contributed by atoms with Crippen LogP contribution in [0, 0.1) is 18.6 Å². The van der Waals surface area contributed by atoms with Crippen LogP contribution in [-0.4, -0.2) is 20.4 Å². The number of nitrogens with one attached hydrogen (secondary N) is 1. The molecule has 2 rings (SSSR count). The van der Waals surface area contributed by atoms with Crippen LogP contribution in [0.5, 0.6) is 5.75 Å². The van der Waals surface area contributed by atoms with E-state index >= 15 is 0 Å². The maximum Gasteiger partial charge on any atom is 0.241 e. The van der Waals surface area contributed by atoms with E-state index in [1.807, 2.05) is 31.2 Å². The SMILES string of the molecule is CC(=N/C=C(\C)C(C)NS(=O)(=O)c1cc(F)cc(F)c1)Oc1ccc(C)cc1.CCC. The van der Waals surface area contributed by atoms with E-state index < -0.39 is 32.6 Å². The van der Waals surface area contributed by atoms with Crippen LogP contribution in [0.1, 0.15) is 46.6 Å². The second-order valence-electron chi connectivity index (χ2n) is 7.09. The van der Waals surface area contributed by atoms with Gasteiger partial charge in [-0.3, -0.25) is 0 Å². The van der Waals surface area contributed by atoms with Crippen molar-refractivity contribution in [2.75, 3.05) is 0 Å². The van der Waals surface area contributed by atoms with Gasteiger partial charge in [-0.1, -0.05) is 38.0 Å². The van der Waals surface area contributed by atoms with Gasteiger partial charge < -0.3 is 4.74 Å². The maximum atomic E-state index is 13.3. The van der Waals surface area contributed by atoms with E-state index in [4.69, 9.17) is 4.74 Å². The molecule has 1 atom stereocenters. The van der Waals surface area contributed by atoms with E-state index in [0.29, 0.717) is 23.3 Å². The second-order valence-corrected chi connectivity index (χ2v) is 8.81. The Morgan fingerprint density at radius 1 is 1.10 bits per heavy atom. The number of hydrogen-bond acceptors (Lipinski definition) is 4. The molecule has 0 saturated carbocycles. The quantitative estimate of drug-likeness (QED) is 0.448. The maximum absolute atomic E-state index is 13.3. The lowest BCUT2D eigenvalue weighted by atomic mass is 10.2. The molecule has 0 radical (unpaired) electrons. The van der Waals surface area contributed by atoms with Gasteiger partial charge in [0.1, 0.15) is 17.4 Å². The molecule has 1 N–H and O–H groups in total. The molecule has 0 amide bonds. The smallest absolute Gasteiger partial charge is 0.241 e. The van der Waals surface area contributed by atoms with Gasteiger partial charge in [-0.05, 0) is 50.6 Å². The lowest BCUT2D eigenvalue weighted by Crippen LogP contribution is -2.33. The molecule has 170 valence electrons. The molecular formula is C23H30F2N2O3S. The van der Waals surface area contributed by atoms with Crippen LogP contribution < -0.4 is 9.46 Å². The Morgan fingerprint density at radius 3 is 2.13 bits per heavy atom. The van der Waals surface area contributed by atoms with Gasteiger partial charge in [0.15, 0.2) is 5.90 Å². The van der Waals surface area contributed by atoms with E-state index in [1.54, 1.807) is 20.8 Å². The minimum absolute atomic E-state index is 0.380. The van der Waals surface area contributed by atoms with Gasteiger partial charge in [0, 0.05) is 25.2 Å². The predicted molar refractivity (Wildman–Crippen MR) is 121 cm³/mol. The molecule has 8 heteroatoms. The molecule has 0 aliphatic heterocycles. The topological polar surface area (TPSA) is 67.8 Å². The Labute approximate surface area is 183 Å². The van der Waals surface area contributed by atoms with Gasteiger partial charge in [0.05, 0.1) is 4.90 Å². The van der Waals surface area contributed by atoms with Crippen molar-refractivity contribution in [3.8, 4) is 5.75 Å². The number of halogens is 2. The van der Waals surface area contributed by atoms with E-state index in [2.05, 4.69) is 23.6 Å². The highest BCUT2D eigenvalue weighted by molar-refractivity contribution is 7.89. The van der Waals surface area contributed by atoms with Gasteiger partial charge in [-0.2, -0.15) is 0 Å². The van der Waals surface area contributed by atoms with Gasteiger partial charge in [0.2, 0.25) is 10.0 Å². The minimum atomic E-state index is -4.09. The summed E-state index contributed by atoms with van der Waals surface area (Å²) in [7, 11) is -4.09. The summed E-state index contributed by atoms with van der Waals surface area (Å²) in [4.78, 5) is 3.69. The molecule has 2 aromatic rings. The first kappa shape index (κ1) is 26.5. The van der Waals surface area contributed by atoms with Gasteiger partial charge in [-0.15, -0.1) is 0 Å². The first-order valence-electron chi connectivity index (χ1n) is 9.92. The molecule has 0 aliphatic carbocycles. The second kappa shape index (κ2) is 12.3. The molecule has 0 spiro atoms. The van der Waals surface area contributed by atoms with E-state index in [9.17, 15) is 17.2 Å². The summed E-state index contributed by atoms with van der Waals surface area (Å²) in [6.07, 6.45) is 2.73. The van der Waals surface area contributed by atoms with Crippen molar-refractivity contribution in [2.45, 2.75) is 58.9 Å². The fourth-order valence-corrected chi connectivity index (χ4v) is 3.51. The molecule has 2 aromatic carbocycles. The molecule has 0 aromatic heterocycles. The van der Waals surface area contributed by atoms with Crippen LogP contribution in [0.3, 0.4) is 0 Å². The van der Waals surface area contributed by atoms with Crippen molar-refractivity contribution in [1.82, 2.24) is 4.72 Å². The zero-order chi connectivity index (χ0) is 23.6. The molecular weight excluding hydrogens is 422 g/mol. The average molecular weight is 453 g/mol. The molecule has 31 heavy (non-hydrogen) atoms.